The molecule has 0 aliphatic heterocycles. The van der Waals surface area contributed by atoms with E-state index in [-0.39, 0.29) is 19.3 Å². The maximum Gasteiger partial charge on any atom is 0.407 e. The Labute approximate surface area is 84.6 Å². The topological polar surface area (TPSA) is 58.6 Å². The summed E-state index contributed by atoms with van der Waals surface area (Å²) in [5.41, 5.74) is 0. The van der Waals surface area contributed by atoms with Crippen LogP contribution in [0.4, 0.5) is 4.79 Å². The number of carbonyl (C=O) groups is 1. The summed E-state index contributed by atoms with van der Waals surface area (Å²) in [6, 6.07) is 0.233. The Bertz CT molecular complexity index is 196. The zero-order valence-electron chi connectivity index (χ0n) is 8.82. The molecule has 1 aliphatic rings. The smallest absolute Gasteiger partial charge is 0.407 e. The Morgan fingerprint density at radius 2 is 2.21 bits per heavy atom. The lowest BCUT2D eigenvalue weighted by molar-refractivity contribution is 0.114. The van der Waals surface area contributed by atoms with Crippen molar-refractivity contribution in [2.45, 2.75) is 32.7 Å². The first-order valence-corrected chi connectivity index (χ1v) is 5.19. The van der Waals surface area contributed by atoms with Crippen molar-refractivity contribution in [3.63, 3.8) is 0 Å². The van der Waals surface area contributed by atoms with Gasteiger partial charge in [-0.1, -0.05) is 13.8 Å². The molecule has 0 aromatic carbocycles. The first kappa shape index (κ1) is 11.3. The lowest BCUT2D eigenvalue weighted by Crippen LogP contribution is -2.38. The Balaban J connectivity index is 2.27. The number of amides is 1. The third-order valence-corrected chi connectivity index (χ3v) is 3.09. The number of alkyl carbamates (subject to hydrolysis) is 1. The highest BCUT2D eigenvalue weighted by Gasteiger charge is 2.30. The minimum absolute atomic E-state index is 0.0719. The number of hydrogen-bond donors (Lipinski definition) is 2. The molecule has 1 fully saturated rings. The van der Waals surface area contributed by atoms with E-state index in [0.29, 0.717) is 11.8 Å². The van der Waals surface area contributed by atoms with E-state index in [2.05, 4.69) is 19.2 Å². The molecule has 0 bridgehead atoms. The monoisotopic (exact) mass is 201 g/mol. The largest absolute Gasteiger partial charge is 0.447 e. The van der Waals surface area contributed by atoms with E-state index in [1.165, 1.54) is 0 Å². The Kier molecular flexibility index (Phi) is 4.20. The molecule has 2 N–H and O–H groups in total. The molecule has 1 rings (SSSR count). The molecule has 0 saturated heterocycles. The average molecular weight is 201 g/mol. The lowest BCUT2D eigenvalue weighted by atomic mass is 9.98. The van der Waals surface area contributed by atoms with Crippen molar-refractivity contribution in [1.29, 1.82) is 0 Å². The van der Waals surface area contributed by atoms with Crippen molar-refractivity contribution in [2.75, 3.05) is 13.2 Å². The summed E-state index contributed by atoms with van der Waals surface area (Å²) in [5.74, 6) is 1.18. The van der Waals surface area contributed by atoms with Crippen LogP contribution in [0.5, 0.6) is 0 Å². The van der Waals surface area contributed by atoms with E-state index in [4.69, 9.17) is 9.84 Å². The van der Waals surface area contributed by atoms with E-state index in [1.807, 2.05) is 0 Å². The van der Waals surface area contributed by atoms with E-state index < -0.39 is 6.09 Å². The van der Waals surface area contributed by atoms with Crippen molar-refractivity contribution in [3.8, 4) is 0 Å². The summed E-state index contributed by atoms with van der Waals surface area (Å²) >= 11 is 0. The van der Waals surface area contributed by atoms with E-state index in [0.717, 1.165) is 12.8 Å². The van der Waals surface area contributed by atoms with Gasteiger partial charge in [0.1, 0.15) is 6.61 Å². The summed E-state index contributed by atoms with van der Waals surface area (Å²) in [6.07, 6.45) is 1.77. The molecule has 0 aromatic rings. The van der Waals surface area contributed by atoms with Crippen molar-refractivity contribution in [1.82, 2.24) is 5.32 Å². The van der Waals surface area contributed by atoms with Crippen LogP contribution in [-0.2, 0) is 4.74 Å². The number of nitrogens with one attached hydrogen (secondary N) is 1. The predicted molar refractivity (Wildman–Crippen MR) is 52.9 cm³/mol. The fourth-order valence-electron chi connectivity index (χ4n) is 1.90. The molecule has 4 nitrogen and oxygen atoms in total. The van der Waals surface area contributed by atoms with Gasteiger partial charge in [0.2, 0.25) is 0 Å². The highest BCUT2D eigenvalue weighted by molar-refractivity contribution is 5.67. The average Bonchev–Trinajstić information content (AvgIpc) is 2.46. The maximum atomic E-state index is 11.2. The molecule has 1 amide bonds. The van der Waals surface area contributed by atoms with Gasteiger partial charge in [-0.05, 0) is 24.7 Å². The van der Waals surface area contributed by atoms with E-state index in [1.54, 1.807) is 0 Å². The summed E-state index contributed by atoms with van der Waals surface area (Å²) in [6.45, 7) is 4.30. The Morgan fingerprint density at radius 1 is 1.50 bits per heavy atom. The van der Waals surface area contributed by atoms with E-state index >= 15 is 0 Å². The maximum absolute atomic E-state index is 11.2. The highest BCUT2D eigenvalue weighted by atomic mass is 16.6. The van der Waals surface area contributed by atoms with Crippen LogP contribution in [0.25, 0.3) is 0 Å². The molecule has 0 aromatic heterocycles. The first-order chi connectivity index (χ1) is 6.65. The molecule has 0 radical (unpaired) electrons. The van der Waals surface area contributed by atoms with E-state index in [9.17, 15) is 4.79 Å². The van der Waals surface area contributed by atoms with Crippen LogP contribution < -0.4 is 5.32 Å². The third kappa shape index (κ3) is 2.87. The molecule has 82 valence electrons. The second-order valence-corrected chi connectivity index (χ2v) is 4.02. The Hall–Kier alpha value is -0.770. The fourth-order valence-corrected chi connectivity index (χ4v) is 1.90. The zero-order chi connectivity index (χ0) is 10.6. The van der Waals surface area contributed by atoms with Crippen LogP contribution in [-0.4, -0.2) is 30.5 Å². The minimum Gasteiger partial charge on any atom is -0.447 e. The van der Waals surface area contributed by atoms with Crippen molar-refractivity contribution in [3.05, 3.63) is 0 Å². The Morgan fingerprint density at radius 3 is 2.71 bits per heavy atom. The third-order valence-electron chi connectivity index (χ3n) is 3.09. The quantitative estimate of drug-likeness (QED) is 0.720. The second kappa shape index (κ2) is 5.20. The van der Waals surface area contributed by atoms with Gasteiger partial charge in [-0.25, -0.2) is 4.79 Å². The summed E-state index contributed by atoms with van der Waals surface area (Å²) in [7, 11) is 0. The van der Waals surface area contributed by atoms with Gasteiger partial charge in [-0.15, -0.1) is 0 Å². The van der Waals surface area contributed by atoms with Crippen LogP contribution in [0.3, 0.4) is 0 Å². The molecule has 0 spiro atoms. The number of hydrogen-bond acceptors (Lipinski definition) is 3. The highest BCUT2D eigenvalue weighted by Crippen LogP contribution is 2.30. The molecule has 14 heavy (non-hydrogen) atoms. The van der Waals surface area contributed by atoms with Gasteiger partial charge < -0.3 is 15.2 Å². The van der Waals surface area contributed by atoms with Gasteiger partial charge >= 0.3 is 6.09 Å². The SMILES string of the molecule is CC1CCC(NC(=O)OCCO)C1C. The van der Waals surface area contributed by atoms with Crippen LogP contribution in [0, 0.1) is 11.8 Å². The van der Waals surface area contributed by atoms with Gasteiger partial charge in [0, 0.05) is 6.04 Å². The van der Waals surface area contributed by atoms with Crippen LogP contribution in [0.2, 0.25) is 0 Å². The summed E-state index contributed by atoms with van der Waals surface area (Å²) in [5, 5.41) is 11.3. The standard InChI is InChI=1S/C10H19NO3/c1-7-3-4-9(8(7)2)11-10(13)14-6-5-12/h7-9,12H,3-6H2,1-2H3,(H,11,13). The molecule has 4 heteroatoms. The van der Waals surface area contributed by atoms with Gasteiger partial charge in [0.05, 0.1) is 6.61 Å². The van der Waals surface area contributed by atoms with Crippen molar-refractivity contribution < 1.29 is 14.6 Å². The number of aliphatic hydroxyl groups excluding tert-OH is 1. The zero-order valence-corrected chi connectivity index (χ0v) is 8.82. The van der Waals surface area contributed by atoms with Crippen LogP contribution in [0.15, 0.2) is 0 Å². The van der Waals surface area contributed by atoms with Gasteiger partial charge in [-0.3, -0.25) is 0 Å². The number of carbonyl (C=O) groups excluding carboxylic acids is 1. The molecular weight excluding hydrogens is 182 g/mol. The van der Waals surface area contributed by atoms with Crippen LogP contribution in [0.1, 0.15) is 26.7 Å². The van der Waals surface area contributed by atoms with Gasteiger partial charge in [-0.2, -0.15) is 0 Å². The van der Waals surface area contributed by atoms with Crippen molar-refractivity contribution >= 4 is 6.09 Å². The van der Waals surface area contributed by atoms with Crippen molar-refractivity contribution in [2.24, 2.45) is 11.8 Å². The predicted octanol–water partition coefficient (Wildman–Crippen LogP) is 1.14. The minimum atomic E-state index is -0.412. The van der Waals surface area contributed by atoms with Crippen LogP contribution >= 0.6 is 0 Å². The molecule has 1 saturated carbocycles. The number of ether oxygens (including phenoxy) is 1. The lowest BCUT2D eigenvalue weighted by Gasteiger charge is -2.19. The second-order valence-electron chi connectivity index (χ2n) is 4.02. The molecule has 3 unspecified atom stereocenters. The fraction of sp³-hybridized carbons (Fsp3) is 0.900. The summed E-state index contributed by atoms with van der Waals surface area (Å²) < 4.78 is 4.74. The number of rotatable bonds is 3. The molecular formula is C10H19NO3. The normalized spacial score (nSPS) is 31.5. The first-order valence-electron chi connectivity index (χ1n) is 5.19. The van der Waals surface area contributed by atoms with Gasteiger partial charge in [0.25, 0.3) is 0 Å². The molecule has 3 atom stereocenters. The number of aliphatic hydroxyl groups is 1. The van der Waals surface area contributed by atoms with Gasteiger partial charge in [0.15, 0.2) is 0 Å². The summed E-state index contributed by atoms with van der Waals surface area (Å²) in [4.78, 5) is 11.2. The molecule has 1 aliphatic carbocycles. The molecule has 0 heterocycles.